The van der Waals surface area contributed by atoms with E-state index in [-0.39, 0.29) is 0 Å². The normalized spacial score (nSPS) is 16.5. The smallest absolute Gasteiger partial charge is 0.320 e. The van der Waals surface area contributed by atoms with Gasteiger partial charge in [-0.25, -0.2) is 0 Å². The van der Waals surface area contributed by atoms with Crippen LogP contribution < -0.4 is 10.1 Å². The van der Waals surface area contributed by atoms with Gasteiger partial charge in [0.05, 0.1) is 7.11 Å². The molecule has 92 valence electrons. The number of hydrogen-bond acceptors (Lipinski definition) is 3. The van der Waals surface area contributed by atoms with E-state index in [9.17, 15) is 4.79 Å². The van der Waals surface area contributed by atoms with Crippen molar-refractivity contribution in [2.24, 2.45) is 5.92 Å². The first-order valence-corrected chi connectivity index (χ1v) is 5.80. The lowest BCUT2D eigenvalue weighted by molar-refractivity contribution is -0.140. The average Bonchev–Trinajstić information content (AvgIpc) is 3.13. The predicted molar refractivity (Wildman–Crippen MR) is 64.0 cm³/mol. The van der Waals surface area contributed by atoms with Crippen LogP contribution in [-0.2, 0) is 11.3 Å². The minimum Gasteiger partial charge on any atom is -0.497 e. The third-order valence-corrected chi connectivity index (χ3v) is 3.02. The third-order valence-electron chi connectivity index (χ3n) is 3.02. The maximum Gasteiger partial charge on any atom is 0.320 e. The first-order valence-electron chi connectivity index (χ1n) is 5.80. The molecule has 0 aromatic heterocycles. The molecule has 0 radical (unpaired) electrons. The van der Waals surface area contributed by atoms with Crippen molar-refractivity contribution in [1.29, 1.82) is 0 Å². The van der Waals surface area contributed by atoms with Crippen LogP contribution in [0.15, 0.2) is 24.3 Å². The number of hydrogen-bond donors (Lipinski definition) is 2. The molecule has 0 aliphatic heterocycles. The molecule has 2 N–H and O–H groups in total. The van der Waals surface area contributed by atoms with Gasteiger partial charge in [-0.05, 0) is 36.5 Å². The molecule has 1 aromatic rings. The quantitative estimate of drug-likeness (QED) is 0.787. The number of carboxylic acids is 1. The second kappa shape index (κ2) is 5.19. The molecule has 1 aliphatic carbocycles. The zero-order valence-corrected chi connectivity index (χ0v) is 9.85. The Morgan fingerprint density at radius 2 is 2.35 bits per heavy atom. The fourth-order valence-electron chi connectivity index (χ4n) is 1.90. The lowest BCUT2D eigenvalue weighted by Crippen LogP contribution is -2.38. The minimum atomic E-state index is -0.754. The second-order valence-electron chi connectivity index (χ2n) is 4.39. The third kappa shape index (κ3) is 3.20. The van der Waals surface area contributed by atoms with Crippen molar-refractivity contribution in [3.63, 3.8) is 0 Å². The van der Waals surface area contributed by atoms with E-state index in [1.165, 1.54) is 0 Å². The highest BCUT2D eigenvalue weighted by Gasteiger charge is 2.35. The lowest BCUT2D eigenvalue weighted by Gasteiger charge is -2.13. The summed E-state index contributed by atoms with van der Waals surface area (Å²) in [5.41, 5.74) is 1.04. The van der Waals surface area contributed by atoms with Gasteiger partial charge < -0.3 is 15.2 Å². The SMILES string of the molecule is COc1cccc(CNC(C(=O)O)C2CC2)c1. The summed E-state index contributed by atoms with van der Waals surface area (Å²) < 4.78 is 5.12. The summed E-state index contributed by atoms with van der Waals surface area (Å²) in [7, 11) is 1.62. The van der Waals surface area contributed by atoms with Crippen molar-refractivity contribution in [3.8, 4) is 5.75 Å². The highest BCUT2D eigenvalue weighted by Crippen LogP contribution is 2.32. The molecule has 4 nitrogen and oxygen atoms in total. The van der Waals surface area contributed by atoms with Crippen LogP contribution in [0, 0.1) is 5.92 Å². The molecule has 0 saturated heterocycles. The number of aliphatic carboxylic acids is 1. The Kier molecular flexibility index (Phi) is 3.64. The van der Waals surface area contributed by atoms with Crippen molar-refractivity contribution >= 4 is 5.97 Å². The first-order chi connectivity index (χ1) is 8.20. The van der Waals surface area contributed by atoms with E-state index in [4.69, 9.17) is 9.84 Å². The number of benzene rings is 1. The van der Waals surface area contributed by atoms with Gasteiger partial charge in [0.25, 0.3) is 0 Å². The average molecular weight is 235 g/mol. The van der Waals surface area contributed by atoms with Crippen LogP contribution >= 0.6 is 0 Å². The van der Waals surface area contributed by atoms with Gasteiger partial charge in [-0.1, -0.05) is 12.1 Å². The fraction of sp³-hybridized carbons (Fsp3) is 0.462. The number of nitrogens with one attached hydrogen (secondary N) is 1. The number of carboxylic acid groups (broad SMARTS) is 1. The van der Waals surface area contributed by atoms with Gasteiger partial charge >= 0.3 is 5.97 Å². The summed E-state index contributed by atoms with van der Waals surface area (Å²) in [4.78, 5) is 11.0. The van der Waals surface area contributed by atoms with E-state index in [0.717, 1.165) is 24.2 Å². The molecule has 1 aliphatic rings. The lowest BCUT2D eigenvalue weighted by atomic mass is 10.1. The van der Waals surface area contributed by atoms with Gasteiger partial charge in [0.1, 0.15) is 11.8 Å². The van der Waals surface area contributed by atoms with Crippen LogP contribution in [0.5, 0.6) is 5.75 Å². The molecule has 1 atom stereocenters. The molecule has 1 fully saturated rings. The first kappa shape index (κ1) is 11.9. The Morgan fingerprint density at radius 1 is 1.59 bits per heavy atom. The van der Waals surface area contributed by atoms with E-state index < -0.39 is 12.0 Å². The molecular weight excluding hydrogens is 218 g/mol. The number of ether oxygens (including phenoxy) is 1. The Bertz CT molecular complexity index is 401. The van der Waals surface area contributed by atoms with Crippen LogP contribution in [0.1, 0.15) is 18.4 Å². The van der Waals surface area contributed by atoms with E-state index in [2.05, 4.69) is 5.32 Å². The second-order valence-corrected chi connectivity index (χ2v) is 4.39. The zero-order chi connectivity index (χ0) is 12.3. The number of methoxy groups -OCH3 is 1. The largest absolute Gasteiger partial charge is 0.497 e. The summed E-state index contributed by atoms with van der Waals surface area (Å²) in [6.45, 7) is 0.560. The summed E-state index contributed by atoms with van der Waals surface area (Å²) in [5, 5.41) is 12.2. The molecule has 4 heteroatoms. The van der Waals surface area contributed by atoms with E-state index in [1.54, 1.807) is 7.11 Å². The van der Waals surface area contributed by atoms with Crippen molar-refractivity contribution in [2.75, 3.05) is 7.11 Å². The maximum atomic E-state index is 11.0. The summed E-state index contributed by atoms with van der Waals surface area (Å²) in [5.74, 6) is 0.344. The Morgan fingerprint density at radius 3 is 2.94 bits per heavy atom. The van der Waals surface area contributed by atoms with Crippen LogP contribution in [-0.4, -0.2) is 24.2 Å². The minimum absolute atomic E-state index is 0.304. The molecule has 1 unspecified atom stereocenters. The van der Waals surface area contributed by atoms with Crippen LogP contribution in [0.25, 0.3) is 0 Å². The molecule has 2 rings (SSSR count). The van der Waals surface area contributed by atoms with Gasteiger partial charge in [0.2, 0.25) is 0 Å². The van der Waals surface area contributed by atoms with Crippen molar-refractivity contribution in [3.05, 3.63) is 29.8 Å². The Hall–Kier alpha value is -1.55. The number of rotatable bonds is 6. The van der Waals surface area contributed by atoms with Crippen LogP contribution in [0.3, 0.4) is 0 Å². The maximum absolute atomic E-state index is 11.0. The van der Waals surface area contributed by atoms with Gasteiger partial charge in [0, 0.05) is 6.54 Å². The van der Waals surface area contributed by atoms with Gasteiger partial charge in [-0.3, -0.25) is 4.79 Å². The van der Waals surface area contributed by atoms with Crippen molar-refractivity contribution in [2.45, 2.75) is 25.4 Å². The highest BCUT2D eigenvalue weighted by atomic mass is 16.5. The molecule has 1 aromatic carbocycles. The van der Waals surface area contributed by atoms with E-state index >= 15 is 0 Å². The Balaban J connectivity index is 1.93. The van der Waals surface area contributed by atoms with Crippen molar-refractivity contribution in [1.82, 2.24) is 5.32 Å². The van der Waals surface area contributed by atoms with E-state index in [0.29, 0.717) is 12.5 Å². The monoisotopic (exact) mass is 235 g/mol. The van der Waals surface area contributed by atoms with Gasteiger partial charge in [-0.15, -0.1) is 0 Å². The molecule has 0 heterocycles. The van der Waals surface area contributed by atoms with Gasteiger partial charge in [0.15, 0.2) is 0 Å². The highest BCUT2D eigenvalue weighted by molar-refractivity contribution is 5.74. The summed E-state index contributed by atoms with van der Waals surface area (Å²) in [6, 6.07) is 7.24. The standard InChI is InChI=1S/C13H17NO3/c1-17-11-4-2-3-9(7-11)8-14-12(13(15)16)10-5-6-10/h2-4,7,10,12,14H,5-6,8H2,1H3,(H,15,16). The van der Waals surface area contributed by atoms with Crippen LogP contribution in [0.4, 0.5) is 0 Å². The number of carbonyl (C=O) groups is 1. The molecule has 0 amide bonds. The molecule has 1 saturated carbocycles. The summed E-state index contributed by atoms with van der Waals surface area (Å²) in [6.07, 6.45) is 2.03. The molecule has 17 heavy (non-hydrogen) atoms. The molecule has 0 bridgehead atoms. The summed E-state index contributed by atoms with van der Waals surface area (Å²) >= 11 is 0. The zero-order valence-electron chi connectivity index (χ0n) is 9.85. The van der Waals surface area contributed by atoms with E-state index in [1.807, 2.05) is 24.3 Å². The molecule has 0 spiro atoms. The fourth-order valence-corrected chi connectivity index (χ4v) is 1.90. The molecular formula is C13H17NO3. The van der Waals surface area contributed by atoms with Gasteiger partial charge in [-0.2, -0.15) is 0 Å². The van der Waals surface area contributed by atoms with Crippen LogP contribution in [0.2, 0.25) is 0 Å². The topological polar surface area (TPSA) is 58.6 Å². The Labute approximate surface area is 101 Å². The predicted octanol–water partition coefficient (Wildman–Crippen LogP) is 1.65. The van der Waals surface area contributed by atoms with Crippen molar-refractivity contribution < 1.29 is 14.6 Å².